The minimum Gasteiger partial charge on any atom is -0.481 e. The van der Waals surface area contributed by atoms with Gasteiger partial charge in [0.25, 0.3) is 0 Å². The van der Waals surface area contributed by atoms with Crippen molar-refractivity contribution in [1.82, 2.24) is 4.98 Å². The highest BCUT2D eigenvalue weighted by molar-refractivity contribution is 7.89. The molecule has 0 aliphatic carbocycles. The number of sulfonamides is 1. The number of aryl methyl sites for hydroxylation is 1. The van der Waals surface area contributed by atoms with Crippen LogP contribution < -0.4 is 5.14 Å². The van der Waals surface area contributed by atoms with Gasteiger partial charge in [0.05, 0.1) is 11.3 Å². The van der Waals surface area contributed by atoms with Crippen LogP contribution in [0, 0.1) is 5.82 Å². The van der Waals surface area contributed by atoms with Crippen molar-refractivity contribution in [3.8, 4) is 22.6 Å². The van der Waals surface area contributed by atoms with Crippen molar-refractivity contribution >= 4 is 16.0 Å². The molecule has 1 heterocycles. The smallest absolute Gasteiger partial charge is 0.303 e. The fourth-order valence-corrected chi connectivity index (χ4v) is 3.00. The second-order valence-electron chi connectivity index (χ2n) is 5.76. The van der Waals surface area contributed by atoms with E-state index in [4.69, 9.17) is 14.7 Å². The first-order valence-electron chi connectivity index (χ1n) is 7.85. The Labute approximate surface area is 154 Å². The number of aliphatic carboxylic acids is 1. The van der Waals surface area contributed by atoms with Crippen molar-refractivity contribution in [2.24, 2.45) is 5.14 Å². The van der Waals surface area contributed by atoms with Gasteiger partial charge in [-0.25, -0.2) is 22.9 Å². The van der Waals surface area contributed by atoms with E-state index in [2.05, 4.69) is 4.98 Å². The van der Waals surface area contributed by atoms with E-state index in [1.807, 2.05) is 0 Å². The number of carboxylic acids is 1. The van der Waals surface area contributed by atoms with Crippen LogP contribution in [0.25, 0.3) is 22.6 Å². The highest BCUT2D eigenvalue weighted by Crippen LogP contribution is 2.33. The Bertz CT molecular complexity index is 1070. The summed E-state index contributed by atoms with van der Waals surface area (Å²) >= 11 is 0. The van der Waals surface area contributed by atoms with E-state index in [1.165, 1.54) is 48.5 Å². The maximum absolute atomic E-state index is 13.2. The lowest BCUT2D eigenvalue weighted by molar-refractivity contribution is -0.137. The van der Waals surface area contributed by atoms with Crippen LogP contribution in [0.4, 0.5) is 4.39 Å². The van der Waals surface area contributed by atoms with Crippen LogP contribution in [0.1, 0.15) is 12.3 Å². The van der Waals surface area contributed by atoms with Crippen LogP contribution in [0.2, 0.25) is 0 Å². The molecule has 0 saturated heterocycles. The number of nitrogens with two attached hydrogens (primary N) is 1. The topological polar surface area (TPSA) is 123 Å². The normalized spacial score (nSPS) is 11.5. The van der Waals surface area contributed by atoms with Crippen LogP contribution in [0.15, 0.2) is 57.8 Å². The van der Waals surface area contributed by atoms with Gasteiger partial charge in [0, 0.05) is 17.5 Å². The standard InChI is InChI=1S/C18H15FN2O5S/c19-13-5-1-12(2-6-13)18-17(21-15(26-18)9-10-16(22)23)11-3-7-14(8-4-11)27(20,24)25/h1-8H,9-10H2,(H,22,23)(H2,20,24,25). The van der Waals surface area contributed by atoms with Gasteiger partial charge in [-0.1, -0.05) is 12.1 Å². The van der Waals surface area contributed by atoms with Gasteiger partial charge in [-0.2, -0.15) is 0 Å². The van der Waals surface area contributed by atoms with E-state index in [1.54, 1.807) is 0 Å². The SMILES string of the molecule is NS(=O)(=O)c1ccc(-c2nc(CCC(=O)O)oc2-c2ccc(F)cc2)cc1. The zero-order valence-electron chi connectivity index (χ0n) is 13.9. The average Bonchev–Trinajstić information content (AvgIpc) is 3.04. The van der Waals surface area contributed by atoms with E-state index < -0.39 is 21.8 Å². The van der Waals surface area contributed by atoms with Gasteiger partial charge in [0.15, 0.2) is 11.7 Å². The molecule has 9 heteroatoms. The summed E-state index contributed by atoms with van der Waals surface area (Å²) < 4.78 is 41.7. The molecule has 0 saturated carbocycles. The highest BCUT2D eigenvalue weighted by Gasteiger charge is 2.18. The van der Waals surface area contributed by atoms with Gasteiger partial charge in [0.1, 0.15) is 11.5 Å². The van der Waals surface area contributed by atoms with Crippen LogP contribution >= 0.6 is 0 Å². The van der Waals surface area contributed by atoms with Gasteiger partial charge in [0.2, 0.25) is 10.0 Å². The first kappa shape index (κ1) is 18.7. The zero-order valence-corrected chi connectivity index (χ0v) is 14.7. The Kier molecular flexibility index (Phi) is 5.06. The quantitative estimate of drug-likeness (QED) is 0.667. The molecule has 140 valence electrons. The molecule has 0 atom stereocenters. The molecule has 0 fully saturated rings. The first-order valence-corrected chi connectivity index (χ1v) is 9.39. The number of aromatic nitrogens is 1. The molecule has 3 rings (SSSR count). The summed E-state index contributed by atoms with van der Waals surface area (Å²) in [4.78, 5) is 15.1. The number of benzene rings is 2. The number of oxazole rings is 1. The molecule has 0 radical (unpaired) electrons. The van der Waals surface area contributed by atoms with Crippen molar-refractivity contribution in [2.75, 3.05) is 0 Å². The summed E-state index contributed by atoms with van der Waals surface area (Å²) in [6.07, 6.45) is -0.0774. The molecule has 0 spiro atoms. The van der Waals surface area contributed by atoms with Crippen molar-refractivity contribution in [3.05, 3.63) is 60.2 Å². The Hall–Kier alpha value is -3.04. The molecule has 27 heavy (non-hydrogen) atoms. The lowest BCUT2D eigenvalue weighted by atomic mass is 10.1. The second-order valence-corrected chi connectivity index (χ2v) is 7.32. The summed E-state index contributed by atoms with van der Waals surface area (Å²) in [7, 11) is -3.83. The molecular weight excluding hydrogens is 375 g/mol. The summed E-state index contributed by atoms with van der Waals surface area (Å²) in [6.45, 7) is 0. The molecule has 0 bridgehead atoms. The first-order chi connectivity index (χ1) is 12.7. The van der Waals surface area contributed by atoms with E-state index >= 15 is 0 Å². The summed E-state index contributed by atoms with van der Waals surface area (Å²) in [5.74, 6) is -0.861. The number of hydrogen-bond donors (Lipinski definition) is 2. The Morgan fingerprint density at radius 1 is 1.07 bits per heavy atom. The molecule has 3 aromatic rings. The van der Waals surface area contributed by atoms with Crippen molar-refractivity contribution in [3.63, 3.8) is 0 Å². The monoisotopic (exact) mass is 390 g/mol. The molecule has 3 N–H and O–H groups in total. The molecule has 0 unspecified atom stereocenters. The lowest BCUT2D eigenvalue weighted by Gasteiger charge is -2.03. The number of hydrogen-bond acceptors (Lipinski definition) is 5. The second kappa shape index (κ2) is 7.29. The summed E-state index contributed by atoms with van der Waals surface area (Å²) in [5, 5.41) is 13.9. The molecule has 1 aromatic heterocycles. The maximum atomic E-state index is 13.2. The number of carbonyl (C=O) groups is 1. The minimum absolute atomic E-state index is 0.0517. The fourth-order valence-electron chi connectivity index (χ4n) is 2.48. The van der Waals surface area contributed by atoms with Crippen LogP contribution in [-0.4, -0.2) is 24.5 Å². The van der Waals surface area contributed by atoms with E-state index in [0.717, 1.165) is 0 Å². The third-order valence-corrected chi connectivity index (χ3v) is 4.72. The third-order valence-electron chi connectivity index (χ3n) is 3.79. The predicted molar refractivity (Wildman–Crippen MR) is 94.7 cm³/mol. The predicted octanol–water partition coefficient (Wildman–Crippen LogP) is 2.81. The number of halogens is 1. The van der Waals surface area contributed by atoms with E-state index in [0.29, 0.717) is 22.6 Å². The molecule has 7 nitrogen and oxygen atoms in total. The van der Waals surface area contributed by atoms with Gasteiger partial charge in [-0.3, -0.25) is 4.79 Å². The number of nitrogens with zero attached hydrogens (tertiary/aromatic N) is 1. The minimum atomic E-state index is -3.83. The van der Waals surface area contributed by atoms with Crippen molar-refractivity contribution in [2.45, 2.75) is 17.7 Å². The fraction of sp³-hybridized carbons (Fsp3) is 0.111. The molecule has 0 aliphatic heterocycles. The van der Waals surface area contributed by atoms with Crippen LogP contribution in [-0.2, 0) is 21.2 Å². The van der Waals surface area contributed by atoms with Gasteiger partial charge >= 0.3 is 5.97 Å². The van der Waals surface area contributed by atoms with Crippen molar-refractivity contribution < 1.29 is 27.1 Å². The number of rotatable bonds is 6. The lowest BCUT2D eigenvalue weighted by Crippen LogP contribution is -2.11. The number of primary sulfonamides is 1. The maximum Gasteiger partial charge on any atom is 0.303 e. The van der Waals surface area contributed by atoms with Crippen LogP contribution in [0.5, 0.6) is 0 Å². The van der Waals surface area contributed by atoms with Gasteiger partial charge in [-0.05, 0) is 36.4 Å². The Balaban J connectivity index is 2.06. The molecule has 2 aromatic carbocycles. The van der Waals surface area contributed by atoms with Gasteiger partial charge < -0.3 is 9.52 Å². The largest absolute Gasteiger partial charge is 0.481 e. The summed E-state index contributed by atoms with van der Waals surface area (Å²) in [6, 6.07) is 11.3. The van der Waals surface area contributed by atoms with Crippen molar-refractivity contribution in [1.29, 1.82) is 0 Å². The Morgan fingerprint density at radius 3 is 2.22 bits per heavy atom. The molecular formula is C18H15FN2O5S. The van der Waals surface area contributed by atoms with E-state index in [-0.39, 0.29) is 23.6 Å². The zero-order chi connectivity index (χ0) is 19.6. The van der Waals surface area contributed by atoms with E-state index in [9.17, 15) is 17.6 Å². The highest BCUT2D eigenvalue weighted by atomic mass is 32.2. The number of carboxylic acid groups (broad SMARTS) is 1. The summed E-state index contributed by atoms with van der Waals surface area (Å²) in [5.41, 5.74) is 1.49. The third kappa shape index (κ3) is 4.39. The van der Waals surface area contributed by atoms with Crippen LogP contribution in [0.3, 0.4) is 0 Å². The molecule has 0 aliphatic rings. The van der Waals surface area contributed by atoms with Gasteiger partial charge in [-0.15, -0.1) is 0 Å². The molecule has 0 amide bonds. The average molecular weight is 390 g/mol. The Morgan fingerprint density at radius 2 is 1.67 bits per heavy atom.